The fraction of sp³-hybridized carbons (Fsp3) is 0.250. The second kappa shape index (κ2) is 5.52. The van der Waals surface area contributed by atoms with Gasteiger partial charge in [0.25, 0.3) is 5.91 Å². The van der Waals surface area contributed by atoms with Crippen molar-refractivity contribution in [3.8, 4) is 5.75 Å². The molecule has 0 atom stereocenters. The fourth-order valence-corrected chi connectivity index (χ4v) is 2.64. The number of aryl methyl sites for hydroxylation is 1. The third-order valence-corrected chi connectivity index (χ3v) is 3.62. The highest BCUT2D eigenvalue weighted by molar-refractivity contribution is 6.07. The van der Waals surface area contributed by atoms with Crippen LogP contribution in [0.3, 0.4) is 0 Å². The van der Waals surface area contributed by atoms with Crippen molar-refractivity contribution < 1.29 is 13.9 Å². The Labute approximate surface area is 122 Å². The smallest absolute Gasteiger partial charge is 0.259 e. The number of carbonyl (C=O) groups excluding carboxylic acids is 1. The molecule has 1 aromatic heterocycles. The molecule has 1 aliphatic heterocycles. The van der Waals surface area contributed by atoms with Crippen LogP contribution in [0.15, 0.2) is 36.5 Å². The van der Waals surface area contributed by atoms with E-state index in [2.05, 4.69) is 4.98 Å². The van der Waals surface area contributed by atoms with Gasteiger partial charge in [0.1, 0.15) is 5.75 Å². The van der Waals surface area contributed by atoms with Crippen molar-refractivity contribution in [1.82, 2.24) is 4.98 Å². The molecule has 0 radical (unpaired) electrons. The average Bonchev–Trinajstić information content (AvgIpc) is 2.53. The Balaban J connectivity index is 2.01. The summed E-state index contributed by atoms with van der Waals surface area (Å²) in [6.45, 7) is 0.615. The van der Waals surface area contributed by atoms with Crippen LogP contribution in [0.25, 0.3) is 0 Å². The summed E-state index contributed by atoms with van der Waals surface area (Å²) in [5.41, 5.74) is 2.26. The van der Waals surface area contributed by atoms with E-state index in [1.807, 2.05) is 18.2 Å². The molecule has 4 nitrogen and oxygen atoms in total. The van der Waals surface area contributed by atoms with Crippen molar-refractivity contribution in [2.45, 2.75) is 12.8 Å². The van der Waals surface area contributed by atoms with Crippen LogP contribution in [0.2, 0.25) is 0 Å². The van der Waals surface area contributed by atoms with E-state index in [9.17, 15) is 9.18 Å². The zero-order chi connectivity index (χ0) is 14.8. The van der Waals surface area contributed by atoms with Gasteiger partial charge in [0.15, 0.2) is 0 Å². The van der Waals surface area contributed by atoms with Crippen molar-refractivity contribution in [2.75, 3.05) is 18.6 Å². The first kappa shape index (κ1) is 13.5. The number of benzene rings is 1. The first-order valence-corrected chi connectivity index (χ1v) is 6.80. The maximum absolute atomic E-state index is 12.9. The number of amides is 1. The van der Waals surface area contributed by atoms with Gasteiger partial charge in [-0.15, -0.1) is 0 Å². The Morgan fingerprint density at radius 3 is 2.90 bits per heavy atom. The van der Waals surface area contributed by atoms with Crippen LogP contribution < -0.4 is 9.64 Å². The highest BCUT2D eigenvalue weighted by Crippen LogP contribution is 2.36. The molecule has 2 aromatic rings. The van der Waals surface area contributed by atoms with E-state index in [0.29, 0.717) is 17.9 Å². The topological polar surface area (TPSA) is 42.4 Å². The number of carbonyl (C=O) groups is 1. The summed E-state index contributed by atoms with van der Waals surface area (Å²) in [6, 6.07) is 8.41. The Morgan fingerprint density at radius 1 is 1.33 bits per heavy atom. The van der Waals surface area contributed by atoms with Gasteiger partial charge >= 0.3 is 0 Å². The van der Waals surface area contributed by atoms with E-state index in [0.717, 1.165) is 24.1 Å². The van der Waals surface area contributed by atoms with E-state index in [-0.39, 0.29) is 5.91 Å². The van der Waals surface area contributed by atoms with Crippen molar-refractivity contribution in [2.24, 2.45) is 0 Å². The van der Waals surface area contributed by atoms with Gasteiger partial charge in [-0.05, 0) is 36.6 Å². The number of para-hydroxylation sites is 1. The van der Waals surface area contributed by atoms with Gasteiger partial charge < -0.3 is 9.64 Å². The molecule has 0 N–H and O–H groups in total. The summed E-state index contributed by atoms with van der Waals surface area (Å²) in [5.74, 6) is -0.105. The van der Waals surface area contributed by atoms with E-state index < -0.39 is 5.95 Å². The predicted octanol–water partition coefficient (Wildman–Crippen LogP) is 2.82. The van der Waals surface area contributed by atoms with Gasteiger partial charge in [-0.3, -0.25) is 4.79 Å². The van der Waals surface area contributed by atoms with Gasteiger partial charge in [0, 0.05) is 12.7 Å². The van der Waals surface area contributed by atoms with Gasteiger partial charge in [-0.2, -0.15) is 4.39 Å². The SMILES string of the molecule is COc1cccc2c1N(C(=O)c1ccc(F)nc1)CCC2. The standard InChI is InChI=1S/C16H15FN2O2/c1-21-13-6-2-4-11-5-3-9-19(15(11)13)16(20)12-7-8-14(17)18-10-12/h2,4,6-8,10H,3,5,9H2,1H3. The zero-order valence-corrected chi connectivity index (χ0v) is 11.7. The lowest BCUT2D eigenvalue weighted by Crippen LogP contribution is -2.35. The van der Waals surface area contributed by atoms with Crippen LogP contribution in [0.4, 0.5) is 10.1 Å². The molecule has 0 fully saturated rings. The summed E-state index contributed by atoms with van der Waals surface area (Å²) in [7, 11) is 1.59. The molecule has 1 aromatic carbocycles. The normalized spacial score (nSPS) is 13.7. The number of nitrogens with zero attached hydrogens (tertiary/aromatic N) is 2. The third-order valence-electron chi connectivity index (χ3n) is 3.62. The highest BCUT2D eigenvalue weighted by atomic mass is 19.1. The number of aromatic nitrogens is 1. The lowest BCUT2D eigenvalue weighted by atomic mass is 10.00. The summed E-state index contributed by atoms with van der Waals surface area (Å²) in [6.07, 6.45) is 3.07. The van der Waals surface area contributed by atoms with Crippen LogP contribution in [0.1, 0.15) is 22.3 Å². The van der Waals surface area contributed by atoms with Crippen LogP contribution in [-0.4, -0.2) is 24.5 Å². The molecule has 1 aliphatic rings. The molecular weight excluding hydrogens is 271 g/mol. The summed E-state index contributed by atoms with van der Waals surface area (Å²) in [5, 5.41) is 0. The summed E-state index contributed by atoms with van der Waals surface area (Å²) >= 11 is 0. The number of anilines is 1. The molecule has 0 saturated carbocycles. The average molecular weight is 286 g/mol. The van der Waals surface area contributed by atoms with E-state index in [4.69, 9.17) is 4.74 Å². The second-order valence-electron chi connectivity index (χ2n) is 4.90. The molecule has 108 valence electrons. The van der Waals surface area contributed by atoms with Crippen LogP contribution in [0.5, 0.6) is 5.75 Å². The number of pyridine rings is 1. The molecule has 21 heavy (non-hydrogen) atoms. The first-order valence-electron chi connectivity index (χ1n) is 6.80. The molecule has 0 bridgehead atoms. The van der Waals surface area contributed by atoms with E-state index in [1.54, 1.807) is 12.0 Å². The van der Waals surface area contributed by atoms with Crippen molar-refractivity contribution >= 4 is 11.6 Å². The van der Waals surface area contributed by atoms with Crippen LogP contribution in [0, 0.1) is 5.95 Å². The Morgan fingerprint density at radius 2 is 2.19 bits per heavy atom. The molecule has 5 heteroatoms. The number of halogens is 1. The lowest BCUT2D eigenvalue weighted by Gasteiger charge is -2.30. The maximum atomic E-state index is 12.9. The van der Waals surface area contributed by atoms with Gasteiger partial charge in [0.2, 0.25) is 5.95 Å². The number of hydrogen-bond donors (Lipinski definition) is 0. The minimum absolute atomic E-state index is 0.187. The highest BCUT2D eigenvalue weighted by Gasteiger charge is 2.26. The van der Waals surface area contributed by atoms with Crippen molar-refractivity contribution in [1.29, 1.82) is 0 Å². The van der Waals surface area contributed by atoms with Gasteiger partial charge in [-0.25, -0.2) is 4.98 Å². The van der Waals surface area contributed by atoms with Crippen LogP contribution >= 0.6 is 0 Å². The van der Waals surface area contributed by atoms with Crippen molar-refractivity contribution in [3.63, 3.8) is 0 Å². The van der Waals surface area contributed by atoms with Gasteiger partial charge in [-0.1, -0.05) is 12.1 Å². The maximum Gasteiger partial charge on any atom is 0.259 e. The van der Waals surface area contributed by atoms with Crippen LogP contribution in [-0.2, 0) is 6.42 Å². The molecule has 0 spiro atoms. The molecule has 1 amide bonds. The zero-order valence-electron chi connectivity index (χ0n) is 11.7. The van der Waals surface area contributed by atoms with Gasteiger partial charge in [0.05, 0.1) is 18.4 Å². The number of ether oxygens (including phenoxy) is 1. The Bertz CT molecular complexity index is 656. The third kappa shape index (κ3) is 2.46. The summed E-state index contributed by atoms with van der Waals surface area (Å²) in [4.78, 5) is 17.9. The Kier molecular flexibility index (Phi) is 3.56. The number of fused-ring (bicyclic) bond motifs is 1. The minimum atomic E-state index is -0.594. The number of methoxy groups -OCH3 is 1. The molecule has 0 unspecified atom stereocenters. The van der Waals surface area contributed by atoms with E-state index in [1.165, 1.54) is 18.3 Å². The Hall–Kier alpha value is -2.43. The molecule has 0 aliphatic carbocycles. The molecule has 2 heterocycles. The summed E-state index contributed by atoms with van der Waals surface area (Å²) < 4.78 is 18.3. The lowest BCUT2D eigenvalue weighted by molar-refractivity contribution is 0.0984. The van der Waals surface area contributed by atoms with E-state index >= 15 is 0 Å². The molecule has 3 rings (SSSR count). The monoisotopic (exact) mass is 286 g/mol. The fourth-order valence-electron chi connectivity index (χ4n) is 2.64. The quantitative estimate of drug-likeness (QED) is 0.797. The predicted molar refractivity (Wildman–Crippen MR) is 77.2 cm³/mol. The minimum Gasteiger partial charge on any atom is -0.495 e. The number of rotatable bonds is 2. The number of hydrogen-bond acceptors (Lipinski definition) is 3. The molecule has 0 saturated heterocycles. The second-order valence-corrected chi connectivity index (χ2v) is 4.90. The van der Waals surface area contributed by atoms with Crippen molar-refractivity contribution in [3.05, 3.63) is 53.6 Å². The first-order chi connectivity index (χ1) is 10.2. The largest absolute Gasteiger partial charge is 0.495 e. The molecular formula is C16H15FN2O2.